The maximum atomic E-state index is 14.1. The molecule has 0 unspecified atom stereocenters. The second kappa shape index (κ2) is 14.2. The minimum atomic E-state index is -4.91. The van der Waals surface area contributed by atoms with E-state index in [0.29, 0.717) is 15.9 Å². The Labute approximate surface area is 275 Å². The maximum Gasteiger partial charge on any atom is 0.417 e. The average molecular weight is 705 g/mol. The number of alkyl halides is 3. The van der Waals surface area contributed by atoms with Crippen LogP contribution in [0.4, 0.5) is 18.9 Å². The normalized spacial score (nSPS) is 14.7. The Hall–Kier alpha value is -2.99. The van der Waals surface area contributed by atoms with Gasteiger partial charge in [-0.2, -0.15) is 13.2 Å². The molecule has 1 saturated carbocycles. The van der Waals surface area contributed by atoms with Crippen molar-refractivity contribution in [3.63, 3.8) is 0 Å². The average Bonchev–Trinajstić information content (AvgIpc) is 3.48. The number of rotatable bonds is 10. The number of nitrogens with one attached hydrogen (secondary N) is 1. The molecule has 1 atom stereocenters. The number of carbonyl (C=O) groups excluding carboxylic acids is 2. The van der Waals surface area contributed by atoms with Crippen LogP contribution in [0.1, 0.15) is 49.3 Å². The summed E-state index contributed by atoms with van der Waals surface area (Å²) in [7, 11) is -4.61. The molecule has 0 saturated heterocycles. The summed E-state index contributed by atoms with van der Waals surface area (Å²) in [5.41, 5.74) is -0.664. The molecule has 45 heavy (non-hydrogen) atoms. The second-order valence-electron chi connectivity index (χ2n) is 10.9. The SMILES string of the molecule is Cc1ccc(S(=O)(=O)N(CC(=O)N(Cc2c(Cl)cccc2Cl)[C@H](C)C(=O)NC2CCCC2)c2ccc(Cl)c(C(F)(F)F)c2)cc1. The highest BCUT2D eigenvalue weighted by atomic mass is 35.5. The highest BCUT2D eigenvalue weighted by molar-refractivity contribution is 7.92. The monoisotopic (exact) mass is 703 g/mol. The van der Waals surface area contributed by atoms with Gasteiger partial charge in [0.15, 0.2) is 0 Å². The molecule has 0 heterocycles. The number of nitrogens with zero attached hydrogens (tertiary/aromatic N) is 2. The molecule has 3 aromatic carbocycles. The highest BCUT2D eigenvalue weighted by Crippen LogP contribution is 2.38. The molecule has 1 aliphatic carbocycles. The lowest BCUT2D eigenvalue weighted by molar-refractivity contribution is -0.139. The van der Waals surface area contributed by atoms with E-state index in [1.165, 1.54) is 31.2 Å². The minimum Gasteiger partial charge on any atom is -0.352 e. The number of anilines is 1. The molecule has 3 aromatic rings. The summed E-state index contributed by atoms with van der Waals surface area (Å²) in [6, 6.07) is 11.7. The Bertz CT molecular complexity index is 1640. The van der Waals surface area contributed by atoms with E-state index in [4.69, 9.17) is 34.8 Å². The summed E-state index contributed by atoms with van der Waals surface area (Å²) < 4.78 is 70.0. The summed E-state index contributed by atoms with van der Waals surface area (Å²) in [4.78, 5) is 28.4. The quantitative estimate of drug-likeness (QED) is 0.235. The van der Waals surface area contributed by atoms with Crippen molar-refractivity contribution in [2.24, 2.45) is 0 Å². The van der Waals surface area contributed by atoms with Gasteiger partial charge in [-0.3, -0.25) is 13.9 Å². The van der Waals surface area contributed by atoms with E-state index < -0.39 is 56.9 Å². The smallest absolute Gasteiger partial charge is 0.352 e. The van der Waals surface area contributed by atoms with Crippen molar-refractivity contribution in [1.29, 1.82) is 0 Å². The summed E-state index contributed by atoms with van der Waals surface area (Å²) in [5, 5.41) is 2.71. The predicted molar refractivity (Wildman–Crippen MR) is 169 cm³/mol. The zero-order valence-electron chi connectivity index (χ0n) is 24.4. The van der Waals surface area contributed by atoms with E-state index in [9.17, 15) is 31.2 Å². The molecule has 0 aliphatic heterocycles. The van der Waals surface area contributed by atoms with Crippen LogP contribution in [-0.2, 0) is 32.3 Å². The van der Waals surface area contributed by atoms with Crippen molar-refractivity contribution in [2.45, 2.75) is 69.2 Å². The summed E-state index contributed by atoms with van der Waals surface area (Å²) >= 11 is 18.6. The summed E-state index contributed by atoms with van der Waals surface area (Å²) in [5.74, 6) is -1.35. The van der Waals surface area contributed by atoms with Gasteiger partial charge in [0.2, 0.25) is 11.8 Å². The van der Waals surface area contributed by atoms with Crippen molar-refractivity contribution >= 4 is 62.3 Å². The zero-order valence-corrected chi connectivity index (χ0v) is 27.5. The summed E-state index contributed by atoms with van der Waals surface area (Å²) in [6.07, 6.45) is -1.45. The molecule has 2 amide bonds. The van der Waals surface area contributed by atoms with Crippen LogP contribution in [0.15, 0.2) is 65.6 Å². The van der Waals surface area contributed by atoms with Gasteiger partial charge in [0, 0.05) is 28.2 Å². The number of aryl methyl sites for hydroxylation is 1. The first-order chi connectivity index (χ1) is 21.1. The molecule has 0 bridgehead atoms. The van der Waals surface area contributed by atoms with Crippen molar-refractivity contribution in [3.8, 4) is 0 Å². The zero-order chi connectivity index (χ0) is 33.1. The number of amides is 2. The van der Waals surface area contributed by atoms with Gasteiger partial charge >= 0.3 is 6.18 Å². The van der Waals surface area contributed by atoms with Crippen molar-refractivity contribution < 1.29 is 31.2 Å². The van der Waals surface area contributed by atoms with Crippen LogP contribution in [-0.4, -0.2) is 43.8 Å². The lowest BCUT2D eigenvalue weighted by atomic mass is 10.1. The first kappa shape index (κ1) is 34.9. The third-order valence-corrected chi connectivity index (χ3v) is 10.5. The van der Waals surface area contributed by atoms with Gasteiger partial charge < -0.3 is 10.2 Å². The van der Waals surface area contributed by atoms with Crippen LogP contribution in [0.5, 0.6) is 0 Å². The van der Waals surface area contributed by atoms with Gasteiger partial charge in [-0.25, -0.2) is 8.42 Å². The number of carbonyl (C=O) groups is 2. The molecule has 14 heteroatoms. The molecule has 242 valence electrons. The van der Waals surface area contributed by atoms with E-state index in [-0.39, 0.29) is 27.5 Å². The van der Waals surface area contributed by atoms with Crippen molar-refractivity contribution in [1.82, 2.24) is 10.2 Å². The van der Waals surface area contributed by atoms with Crippen LogP contribution >= 0.6 is 34.8 Å². The molecule has 1 N–H and O–H groups in total. The van der Waals surface area contributed by atoms with Crippen LogP contribution in [0.3, 0.4) is 0 Å². The molecule has 1 fully saturated rings. The molecule has 0 spiro atoms. The van der Waals surface area contributed by atoms with E-state index >= 15 is 0 Å². The first-order valence-corrected chi connectivity index (χ1v) is 16.7. The van der Waals surface area contributed by atoms with E-state index in [1.54, 1.807) is 25.1 Å². The fourth-order valence-electron chi connectivity index (χ4n) is 5.08. The Morgan fingerprint density at radius 1 is 0.956 bits per heavy atom. The highest BCUT2D eigenvalue weighted by Gasteiger charge is 2.37. The van der Waals surface area contributed by atoms with Crippen LogP contribution in [0, 0.1) is 6.92 Å². The first-order valence-electron chi connectivity index (χ1n) is 14.1. The Balaban J connectivity index is 1.79. The number of hydrogen-bond donors (Lipinski definition) is 1. The van der Waals surface area contributed by atoms with Crippen LogP contribution in [0.2, 0.25) is 15.1 Å². The van der Waals surface area contributed by atoms with E-state index in [2.05, 4.69) is 5.32 Å². The predicted octanol–water partition coefficient (Wildman–Crippen LogP) is 7.65. The van der Waals surface area contributed by atoms with Gasteiger partial charge in [0.05, 0.1) is 21.2 Å². The molecule has 4 rings (SSSR count). The minimum absolute atomic E-state index is 0.0749. The second-order valence-corrected chi connectivity index (χ2v) is 14.0. The van der Waals surface area contributed by atoms with Gasteiger partial charge in [0.25, 0.3) is 10.0 Å². The molecule has 1 aliphatic rings. The van der Waals surface area contributed by atoms with Crippen LogP contribution in [0.25, 0.3) is 0 Å². The largest absolute Gasteiger partial charge is 0.417 e. The number of halogens is 6. The Morgan fingerprint density at radius 2 is 1.56 bits per heavy atom. The van der Waals surface area contributed by atoms with Crippen LogP contribution < -0.4 is 9.62 Å². The molecule has 0 aromatic heterocycles. The van der Waals surface area contributed by atoms with Gasteiger partial charge in [-0.15, -0.1) is 0 Å². The Morgan fingerprint density at radius 3 is 2.13 bits per heavy atom. The van der Waals surface area contributed by atoms with Gasteiger partial charge in [-0.1, -0.05) is 71.4 Å². The third kappa shape index (κ3) is 8.24. The maximum absolute atomic E-state index is 14.1. The van der Waals surface area contributed by atoms with Crippen molar-refractivity contribution in [3.05, 3.63) is 92.4 Å². The summed E-state index contributed by atoms with van der Waals surface area (Å²) in [6.45, 7) is 2.00. The Kier molecular flexibility index (Phi) is 11.0. The fraction of sp³-hybridized carbons (Fsp3) is 0.355. The molecule has 0 radical (unpaired) electrons. The van der Waals surface area contributed by atoms with Gasteiger partial charge in [0.1, 0.15) is 12.6 Å². The number of benzene rings is 3. The van der Waals surface area contributed by atoms with Gasteiger partial charge in [-0.05, 0) is 69.2 Å². The number of hydrogen-bond acceptors (Lipinski definition) is 4. The number of sulfonamides is 1. The molecular formula is C31H31Cl3F3N3O4S. The van der Waals surface area contributed by atoms with E-state index in [0.717, 1.165) is 48.3 Å². The lowest BCUT2D eigenvalue weighted by Crippen LogP contribution is -2.52. The third-order valence-electron chi connectivity index (χ3n) is 7.69. The van der Waals surface area contributed by atoms with E-state index in [1.807, 2.05) is 0 Å². The van der Waals surface area contributed by atoms with Crippen molar-refractivity contribution in [2.75, 3.05) is 10.8 Å². The fourth-order valence-corrected chi connectivity index (χ4v) is 7.23. The standard InChI is InChI=1S/C31H31Cl3F3N3O4S/c1-19-10-13-23(14-11-19)45(43,44)40(22-12-15-28(34)25(16-22)31(35,36)37)18-29(41)39(17-24-26(32)8-5-9-27(24)33)20(2)30(42)38-21-6-3-4-7-21/h5,8-16,20-21H,3-4,6-7,17-18H2,1-2H3,(H,38,42)/t20-/m1/s1. The lowest BCUT2D eigenvalue weighted by Gasteiger charge is -2.33. The topological polar surface area (TPSA) is 86.8 Å². The molecule has 7 nitrogen and oxygen atoms in total. The molecular weight excluding hydrogens is 674 g/mol.